The van der Waals surface area contributed by atoms with Crippen molar-refractivity contribution >= 4 is 9.84 Å². The first kappa shape index (κ1) is 7.06. The molecule has 0 aromatic carbocycles. The summed E-state index contributed by atoms with van der Waals surface area (Å²) in [5.74, 6) is 1.12. The van der Waals surface area contributed by atoms with Crippen molar-refractivity contribution < 1.29 is 8.42 Å². The number of hydrogen-bond donors (Lipinski definition) is 0. The van der Waals surface area contributed by atoms with Gasteiger partial charge in [0.25, 0.3) is 0 Å². The van der Waals surface area contributed by atoms with E-state index in [-0.39, 0.29) is 0 Å². The van der Waals surface area contributed by atoms with Crippen LogP contribution >= 0.6 is 0 Å². The zero-order chi connectivity index (χ0) is 6.91. The van der Waals surface area contributed by atoms with Gasteiger partial charge in [-0.05, 0) is 12.3 Å². The number of rotatable bonds is 3. The second kappa shape index (κ2) is 2.29. The summed E-state index contributed by atoms with van der Waals surface area (Å²) in [5, 5.41) is 0. The van der Waals surface area contributed by atoms with Crippen LogP contribution in [0.5, 0.6) is 0 Å². The van der Waals surface area contributed by atoms with Crippen molar-refractivity contribution in [3.8, 4) is 0 Å². The fourth-order valence-electron chi connectivity index (χ4n) is 0.787. The summed E-state index contributed by atoms with van der Waals surface area (Å²) < 4.78 is 21.1. The molecule has 2 nitrogen and oxygen atoms in total. The molecular formula is C6H12O2S. The van der Waals surface area contributed by atoms with Crippen LogP contribution < -0.4 is 0 Å². The third-order valence-corrected chi connectivity index (χ3v) is 2.57. The molecule has 0 amide bonds. The molecule has 1 rings (SSSR count). The van der Waals surface area contributed by atoms with Gasteiger partial charge in [0.05, 0.1) is 5.75 Å². The van der Waals surface area contributed by atoms with E-state index in [9.17, 15) is 8.42 Å². The van der Waals surface area contributed by atoms with E-state index in [0.29, 0.717) is 5.75 Å². The molecule has 1 fully saturated rings. The zero-order valence-electron chi connectivity index (χ0n) is 5.63. The van der Waals surface area contributed by atoms with Crippen LogP contribution in [-0.4, -0.2) is 20.4 Å². The molecule has 9 heavy (non-hydrogen) atoms. The topological polar surface area (TPSA) is 34.1 Å². The van der Waals surface area contributed by atoms with Crippen molar-refractivity contribution in [3.05, 3.63) is 0 Å². The molecule has 3 heteroatoms. The summed E-state index contributed by atoms with van der Waals surface area (Å²) in [6.07, 6.45) is 4.68. The van der Waals surface area contributed by atoms with E-state index in [0.717, 1.165) is 12.3 Å². The number of sulfone groups is 1. The van der Waals surface area contributed by atoms with E-state index in [2.05, 4.69) is 0 Å². The molecule has 0 aromatic rings. The van der Waals surface area contributed by atoms with Crippen molar-refractivity contribution in [2.45, 2.75) is 19.3 Å². The van der Waals surface area contributed by atoms with Crippen LogP contribution in [0.3, 0.4) is 0 Å². The van der Waals surface area contributed by atoms with Crippen molar-refractivity contribution in [2.24, 2.45) is 5.92 Å². The Morgan fingerprint density at radius 1 is 1.44 bits per heavy atom. The minimum Gasteiger partial charge on any atom is -0.229 e. The minimum atomic E-state index is -2.68. The smallest absolute Gasteiger partial charge is 0.147 e. The second-order valence-corrected chi connectivity index (χ2v) is 5.12. The van der Waals surface area contributed by atoms with Crippen molar-refractivity contribution in [1.29, 1.82) is 0 Å². The summed E-state index contributed by atoms with van der Waals surface area (Å²) >= 11 is 0. The highest BCUT2D eigenvalue weighted by molar-refractivity contribution is 7.90. The predicted molar refractivity (Wildman–Crippen MR) is 37.1 cm³/mol. The average Bonchev–Trinajstić information content (AvgIpc) is 2.38. The summed E-state index contributed by atoms with van der Waals surface area (Å²) in [6, 6.07) is 0. The van der Waals surface area contributed by atoms with E-state index >= 15 is 0 Å². The molecule has 0 radical (unpaired) electrons. The van der Waals surface area contributed by atoms with Gasteiger partial charge >= 0.3 is 0 Å². The lowest BCUT2D eigenvalue weighted by molar-refractivity contribution is 0.596. The molecule has 0 spiro atoms. The molecule has 54 valence electrons. The molecule has 0 aromatic heterocycles. The maximum Gasteiger partial charge on any atom is 0.147 e. The minimum absolute atomic E-state index is 0.387. The monoisotopic (exact) mass is 148 g/mol. The molecule has 0 N–H and O–H groups in total. The highest BCUT2D eigenvalue weighted by Gasteiger charge is 2.22. The molecule has 1 aliphatic rings. The Labute approximate surface area is 56.2 Å². The van der Waals surface area contributed by atoms with Crippen molar-refractivity contribution in [2.75, 3.05) is 12.0 Å². The van der Waals surface area contributed by atoms with Gasteiger partial charge in [-0.3, -0.25) is 0 Å². The third-order valence-electron chi connectivity index (χ3n) is 1.59. The van der Waals surface area contributed by atoms with Gasteiger partial charge in [-0.1, -0.05) is 12.8 Å². The summed E-state index contributed by atoms with van der Waals surface area (Å²) in [6.45, 7) is 0. The van der Waals surface area contributed by atoms with Gasteiger partial charge in [0.1, 0.15) is 9.84 Å². The molecule has 0 bridgehead atoms. The van der Waals surface area contributed by atoms with Gasteiger partial charge in [0, 0.05) is 6.26 Å². The van der Waals surface area contributed by atoms with Crippen LogP contribution in [0.25, 0.3) is 0 Å². The molecular weight excluding hydrogens is 136 g/mol. The largest absolute Gasteiger partial charge is 0.229 e. The van der Waals surface area contributed by atoms with E-state index in [1.807, 2.05) is 0 Å². The normalized spacial score (nSPS) is 20.1. The van der Waals surface area contributed by atoms with Crippen LogP contribution in [0.15, 0.2) is 0 Å². The van der Waals surface area contributed by atoms with E-state index in [1.54, 1.807) is 0 Å². The molecule has 1 saturated carbocycles. The standard InChI is InChI=1S/C6H12O2S/c1-9(7,8)5-4-6-2-3-6/h6H,2-5H2,1H3. The number of hydrogen-bond acceptors (Lipinski definition) is 2. The van der Waals surface area contributed by atoms with E-state index < -0.39 is 9.84 Å². The Bertz CT molecular complexity index is 177. The van der Waals surface area contributed by atoms with Crippen LogP contribution in [0.1, 0.15) is 19.3 Å². The quantitative estimate of drug-likeness (QED) is 0.594. The van der Waals surface area contributed by atoms with Gasteiger partial charge in [0.2, 0.25) is 0 Å². The predicted octanol–water partition coefficient (Wildman–Crippen LogP) is 0.831. The van der Waals surface area contributed by atoms with E-state index in [4.69, 9.17) is 0 Å². The first-order valence-corrected chi connectivity index (χ1v) is 5.32. The Balaban J connectivity index is 2.18. The van der Waals surface area contributed by atoms with Crippen LogP contribution in [0.4, 0.5) is 0 Å². The summed E-state index contributed by atoms with van der Waals surface area (Å²) in [4.78, 5) is 0. The first-order valence-electron chi connectivity index (χ1n) is 3.26. The summed E-state index contributed by atoms with van der Waals surface area (Å²) in [7, 11) is -2.68. The fraction of sp³-hybridized carbons (Fsp3) is 1.00. The molecule has 0 atom stereocenters. The Hall–Kier alpha value is -0.0500. The Kier molecular flexibility index (Phi) is 1.80. The van der Waals surface area contributed by atoms with Crippen LogP contribution in [0, 0.1) is 5.92 Å². The molecule has 0 unspecified atom stereocenters. The second-order valence-electron chi connectivity index (χ2n) is 2.86. The van der Waals surface area contributed by atoms with Gasteiger partial charge in [-0.15, -0.1) is 0 Å². The summed E-state index contributed by atoms with van der Waals surface area (Å²) in [5.41, 5.74) is 0. The third kappa shape index (κ3) is 3.51. The zero-order valence-corrected chi connectivity index (χ0v) is 6.45. The van der Waals surface area contributed by atoms with Crippen molar-refractivity contribution in [1.82, 2.24) is 0 Å². The van der Waals surface area contributed by atoms with Crippen LogP contribution in [-0.2, 0) is 9.84 Å². The van der Waals surface area contributed by atoms with Gasteiger partial charge in [-0.2, -0.15) is 0 Å². The first-order chi connectivity index (χ1) is 4.08. The maximum atomic E-state index is 10.6. The van der Waals surface area contributed by atoms with Gasteiger partial charge < -0.3 is 0 Å². The van der Waals surface area contributed by atoms with E-state index in [1.165, 1.54) is 19.1 Å². The molecule has 1 aliphatic carbocycles. The van der Waals surface area contributed by atoms with Crippen molar-refractivity contribution in [3.63, 3.8) is 0 Å². The Morgan fingerprint density at radius 2 is 2.00 bits per heavy atom. The highest BCUT2D eigenvalue weighted by atomic mass is 32.2. The van der Waals surface area contributed by atoms with Gasteiger partial charge in [-0.25, -0.2) is 8.42 Å². The lowest BCUT2D eigenvalue weighted by atomic mass is 10.3. The highest BCUT2D eigenvalue weighted by Crippen LogP contribution is 2.32. The van der Waals surface area contributed by atoms with Crippen LogP contribution in [0.2, 0.25) is 0 Å². The SMILES string of the molecule is CS(=O)(=O)CCC1CC1. The average molecular weight is 148 g/mol. The molecule has 0 heterocycles. The van der Waals surface area contributed by atoms with Gasteiger partial charge in [0.15, 0.2) is 0 Å². The lowest BCUT2D eigenvalue weighted by Gasteiger charge is -1.93. The molecule has 0 aliphatic heterocycles. The lowest BCUT2D eigenvalue weighted by Crippen LogP contribution is -2.02. The Morgan fingerprint density at radius 3 is 2.33 bits per heavy atom. The molecule has 0 saturated heterocycles. The fourth-order valence-corrected chi connectivity index (χ4v) is 1.55. The maximum absolute atomic E-state index is 10.6.